The molecule has 4 nitrogen and oxygen atoms in total. The van der Waals surface area contributed by atoms with E-state index < -0.39 is 0 Å². The Kier molecular flexibility index (Phi) is 5.74. The Morgan fingerprint density at radius 1 is 0.418 bits per heavy atom. The minimum Gasteiger partial charge on any atom is -0.456 e. The lowest BCUT2D eigenvalue weighted by atomic mass is 9.96. The maximum Gasteiger partial charge on any atom is 0.135 e. The molecule has 4 aromatic heterocycles. The van der Waals surface area contributed by atoms with E-state index in [0.29, 0.717) is 0 Å². The fraction of sp³-hybridized carbons (Fsp3) is 0. The zero-order valence-electron chi connectivity index (χ0n) is 29.2. The molecule has 0 N–H and O–H groups in total. The lowest BCUT2D eigenvalue weighted by Gasteiger charge is -2.17. The highest BCUT2D eigenvalue weighted by atomic mass is 32.1. The Labute approximate surface area is 317 Å². The first-order valence-electron chi connectivity index (χ1n) is 18.6. The third kappa shape index (κ3) is 3.94. The maximum atomic E-state index is 6.70. The third-order valence-electron chi connectivity index (χ3n) is 11.5. The van der Waals surface area contributed by atoms with Gasteiger partial charge in [-0.3, -0.25) is 0 Å². The molecule has 0 saturated carbocycles. The van der Waals surface area contributed by atoms with Crippen molar-refractivity contribution in [2.75, 3.05) is 0 Å². The predicted molar refractivity (Wildman–Crippen MR) is 231 cm³/mol. The van der Waals surface area contributed by atoms with Crippen LogP contribution in [0.2, 0.25) is 0 Å². The molecule has 4 heterocycles. The van der Waals surface area contributed by atoms with Gasteiger partial charge >= 0.3 is 0 Å². The third-order valence-corrected chi connectivity index (χ3v) is 12.8. The molecule has 9 aromatic carbocycles. The Hall–Kier alpha value is -7.08. The van der Waals surface area contributed by atoms with Crippen LogP contribution in [-0.2, 0) is 0 Å². The molecule has 0 bridgehead atoms. The average molecular weight is 718 g/mol. The molecule has 13 rings (SSSR count). The van der Waals surface area contributed by atoms with E-state index >= 15 is 0 Å². The molecule has 0 aliphatic heterocycles. The molecule has 13 aromatic rings. The molecule has 0 radical (unpaired) electrons. The van der Waals surface area contributed by atoms with Gasteiger partial charge in [-0.2, -0.15) is 0 Å². The van der Waals surface area contributed by atoms with Crippen molar-refractivity contribution in [2.45, 2.75) is 0 Å². The van der Waals surface area contributed by atoms with Crippen LogP contribution in [0.15, 0.2) is 168 Å². The van der Waals surface area contributed by atoms with Crippen molar-refractivity contribution in [2.24, 2.45) is 0 Å². The van der Waals surface area contributed by atoms with E-state index in [4.69, 9.17) is 14.4 Å². The minimum absolute atomic E-state index is 0.877. The van der Waals surface area contributed by atoms with Crippen LogP contribution in [0.1, 0.15) is 0 Å². The lowest BCUT2D eigenvalue weighted by molar-refractivity contribution is 0.664. The largest absolute Gasteiger partial charge is 0.456 e. The van der Waals surface area contributed by atoms with Crippen molar-refractivity contribution in [3.05, 3.63) is 164 Å². The molecule has 0 fully saturated rings. The molecular formula is C50H27N3OS. The average Bonchev–Trinajstić information content (AvgIpc) is 3.74. The molecule has 5 heteroatoms. The minimum atomic E-state index is 0.877. The molecule has 0 aliphatic carbocycles. The Morgan fingerprint density at radius 2 is 1.00 bits per heavy atom. The molecular weight excluding hydrogens is 691 g/mol. The van der Waals surface area contributed by atoms with Gasteiger partial charge in [-0.15, -0.1) is 11.3 Å². The van der Waals surface area contributed by atoms with Gasteiger partial charge in [0.1, 0.15) is 11.2 Å². The van der Waals surface area contributed by atoms with Gasteiger partial charge in [-0.05, 0) is 70.8 Å². The SMILES string of the molecule is c1ccc2nc(-c3cccc4c3sc3ccccc34)c(-c3ccc(-n4c5ccc6cccc7oc8cccc9ccc4c(c98)c5c67)c4ccccc34)nc2c1. The van der Waals surface area contributed by atoms with Gasteiger partial charge in [0.15, 0.2) is 0 Å². The first kappa shape index (κ1) is 29.4. The van der Waals surface area contributed by atoms with Crippen molar-refractivity contribution in [1.82, 2.24) is 14.5 Å². The van der Waals surface area contributed by atoms with Gasteiger partial charge in [0.05, 0.1) is 39.1 Å². The highest BCUT2D eigenvalue weighted by molar-refractivity contribution is 7.26. The van der Waals surface area contributed by atoms with Gasteiger partial charge in [0.25, 0.3) is 0 Å². The van der Waals surface area contributed by atoms with Gasteiger partial charge in [0, 0.05) is 58.2 Å². The Balaban J connectivity index is 1.13. The standard InChI is InChI=1S/C50H27N3OS/c1-2-13-31-30(12-1)33(48-49(52-37-18-5-4-17-36(37)51-48)35-16-9-15-34-32-14-3-6-21-43(32)55-50(34)35)24-27-38(31)53-39-25-22-28-10-7-19-41-44(28)46(39)47-40(53)26-23-29-11-8-20-42(54-41)45(29)47/h1-27H. The summed E-state index contributed by atoms with van der Waals surface area (Å²) in [6.07, 6.45) is 0. The first-order valence-corrected chi connectivity index (χ1v) is 19.4. The molecule has 0 aliphatic rings. The summed E-state index contributed by atoms with van der Waals surface area (Å²) < 4.78 is 11.7. The smallest absolute Gasteiger partial charge is 0.135 e. The van der Waals surface area contributed by atoms with Crippen LogP contribution in [-0.4, -0.2) is 14.5 Å². The second-order valence-corrected chi connectivity index (χ2v) is 15.5. The number of para-hydroxylation sites is 2. The van der Waals surface area contributed by atoms with E-state index in [9.17, 15) is 0 Å². The van der Waals surface area contributed by atoms with Gasteiger partial charge in [0.2, 0.25) is 0 Å². The van der Waals surface area contributed by atoms with Crippen LogP contribution in [0.3, 0.4) is 0 Å². The first-order chi connectivity index (χ1) is 27.3. The van der Waals surface area contributed by atoms with Crippen LogP contribution in [0.5, 0.6) is 0 Å². The van der Waals surface area contributed by atoms with E-state index in [1.807, 2.05) is 23.5 Å². The molecule has 0 atom stereocenters. The zero-order chi connectivity index (χ0) is 35.8. The molecule has 0 spiro atoms. The molecule has 55 heavy (non-hydrogen) atoms. The lowest BCUT2D eigenvalue weighted by Crippen LogP contribution is -1.99. The van der Waals surface area contributed by atoms with Gasteiger partial charge in [-0.1, -0.05) is 109 Å². The van der Waals surface area contributed by atoms with E-state index in [-0.39, 0.29) is 0 Å². The number of rotatable bonds is 3. The number of thiophene rings is 1. The molecule has 0 unspecified atom stereocenters. The van der Waals surface area contributed by atoms with Crippen molar-refractivity contribution in [3.8, 4) is 28.2 Å². The van der Waals surface area contributed by atoms with Crippen LogP contribution in [0.25, 0.3) is 125 Å². The summed E-state index contributed by atoms with van der Waals surface area (Å²) in [7, 11) is 0. The van der Waals surface area contributed by atoms with Crippen molar-refractivity contribution < 1.29 is 4.42 Å². The fourth-order valence-electron chi connectivity index (χ4n) is 9.22. The number of hydrogen-bond acceptors (Lipinski definition) is 4. The van der Waals surface area contributed by atoms with Crippen LogP contribution in [0, 0.1) is 0 Å². The summed E-state index contributed by atoms with van der Waals surface area (Å²) in [5.41, 5.74) is 10.9. The van der Waals surface area contributed by atoms with Crippen molar-refractivity contribution in [1.29, 1.82) is 0 Å². The summed E-state index contributed by atoms with van der Waals surface area (Å²) in [4.78, 5) is 10.8. The summed E-state index contributed by atoms with van der Waals surface area (Å²) in [6.45, 7) is 0. The second kappa shape index (κ2) is 10.8. The van der Waals surface area contributed by atoms with Crippen molar-refractivity contribution in [3.63, 3.8) is 0 Å². The highest BCUT2D eigenvalue weighted by Crippen LogP contribution is 2.47. The zero-order valence-corrected chi connectivity index (χ0v) is 30.1. The number of fused-ring (bicyclic) bond motifs is 5. The van der Waals surface area contributed by atoms with Crippen LogP contribution >= 0.6 is 11.3 Å². The van der Waals surface area contributed by atoms with Gasteiger partial charge in [-0.25, -0.2) is 9.97 Å². The van der Waals surface area contributed by atoms with Crippen LogP contribution < -0.4 is 0 Å². The summed E-state index contributed by atoms with van der Waals surface area (Å²) >= 11 is 1.83. The molecule has 0 saturated heterocycles. The quantitative estimate of drug-likeness (QED) is 0.183. The Bertz CT molecular complexity index is 3630. The van der Waals surface area contributed by atoms with Gasteiger partial charge < -0.3 is 8.98 Å². The summed E-state index contributed by atoms with van der Waals surface area (Å²) in [6, 6.07) is 58.6. The summed E-state index contributed by atoms with van der Waals surface area (Å²) in [5, 5.41) is 11.9. The molecule has 254 valence electrons. The van der Waals surface area contributed by atoms with E-state index in [1.165, 1.54) is 41.7 Å². The number of hydrogen-bond donors (Lipinski definition) is 0. The normalized spacial score (nSPS) is 12.4. The highest BCUT2D eigenvalue weighted by Gasteiger charge is 2.24. The number of aromatic nitrogens is 3. The summed E-state index contributed by atoms with van der Waals surface area (Å²) in [5.74, 6) is 0. The van der Waals surface area contributed by atoms with E-state index in [0.717, 1.165) is 83.0 Å². The number of benzene rings is 9. The van der Waals surface area contributed by atoms with E-state index in [1.54, 1.807) is 0 Å². The van der Waals surface area contributed by atoms with E-state index in [2.05, 4.69) is 156 Å². The predicted octanol–water partition coefficient (Wildman–Crippen LogP) is 14.1. The Morgan fingerprint density at radius 3 is 1.71 bits per heavy atom. The van der Waals surface area contributed by atoms with Crippen molar-refractivity contribution >= 4 is 108 Å². The van der Waals surface area contributed by atoms with Crippen LogP contribution in [0.4, 0.5) is 0 Å². The molecule has 0 amide bonds. The number of nitrogens with zero attached hydrogens (tertiary/aromatic N) is 3. The second-order valence-electron chi connectivity index (χ2n) is 14.4. The topological polar surface area (TPSA) is 43.9 Å². The fourth-order valence-corrected chi connectivity index (χ4v) is 10.4. The maximum absolute atomic E-state index is 6.70. The monoisotopic (exact) mass is 717 g/mol.